The van der Waals surface area contributed by atoms with E-state index in [0.717, 1.165) is 5.56 Å². The van der Waals surface area contributed by atoms with Crippen molar-refractivity contribution in [2.45, 2.75) is 13.5 Å². The van der Waals surface area contributed by atoms with Crippen molar-refractivity contribution in [3.8, 4) is 0 Å². The highest BCUT2D eigenvalue weighted by molar-refractivity contribution is 5.26. The van der Waals surface area contributed by atoms with E-state index < -0.39 is 0 Å². The summed E-state index contributed by atoms with van der Waals surface area (Å²) < 4.78 is 18.2. The van der Waals surface area contributed by atoms with E-state index in [0.29, 0.717) is 5.56 Å². The number of hydrogen-bond acceptors (Lipinski definition) is 2. The highest BCUT2D eigenvalue weighted by Crippen LogP contribution is 2.13. The van der Waals surface area contributed by atoms with Crippen molar-refractivity contribution in [3.05, 3.63) is 35.1 Å². The number of aliphatic hydroxyl groups is 1. The molecule has 0 aromatic heterocycles. The van der Waals surface area contributed by atoms with Crippen LogP contribution in [0, 0.1) is 12.7 Å². The molecule has 1 aromatic rings. The molecule has 0 amide bonds. The molecule has 0 aliphatic carbocycles. The maximum Gasteiger partial charge on any atom is 0.128 e. The SMILES string of the molecule is Cc1cccc(F)c1COCCO. The number of benzene rings is 1. The van der Waals surface area contributed by atoms with E-state index in [1.807, 2.05) is 13.0 Å². The van der Waals surface area contributed by atoms with Crippen molar-refractivity contribution < 1.29 is 14.2 Å². The van der Waals surface area contributed by atoms with E-state index in [9.17, 15) is 4.39 Å². The molecule has 0 bridgehead atoms. The third-order valence-electron chi connectivity index (χ3n) is 1.84. The average molecular weight is 184 g/mol. The molecule has 1 aromatic carbocycles. The summed E-state index contributed by atoms with van der Waals surface area (Å²) in [7, 11) is 0. The van der Waals surface area contributed by atoms with Gasteiger partial charge in [0, 0.05) is 5.56 Å². The van der Waals surface area contributed by atoms with Crippen LogP contribution < -0.4 is 0 Å². The van der Waals surface area contributed by atoms with E-state index in [1.165, 1.54) is 6.07 Å². The molecule has 2 nitrogen and oxygen atoms in total. The lowest BCUT2D eigenvalue weighted by Crippen LogP contribution is -2.02. The normalized spacial score (nSPS) is 10.4. The number of aliphatic hydroxyl groups excluding tert-OH is 1. The first-order valence-corrected chi connectivity index (χ1v) is 4.18. The van der Waals surface area contributed by atoms with Crippen LogP contribution in [-0.2, 0) is 11.3 Å². The molecule has 13 heavy (non-hydrogen) atoms. The van der Waals surface area contributed by atoms with Crippen LogP contribution in [0.1, 0.15) is 11.1 Å². The highest BCUT2D eigenvalue weighted by atomic mass is 19.1. The summed E-state index contributed by atoms with van der Waals surface area (Å²) in [6.45, 7) is 2.26. The fraction of sp³-hybridized carbons (Fsp3) is 0.400. The Hall–Kier alpha value is -0.930. The molecular formula is C10H13FO2. The number of aryl methyl sites for hydroxylation is 1. The minimum Gasteiger partial charge on any atom is -0.394 e. The molecule has 1 rings (SSSR count). The van der Waals surface area contributed by atoms with Crippen molar-refractivity contribution in [2.24, 2.45) is 0 Å². The standard InChI is InChI=1S/C10H13FO2/c1-8-3-2-4-10(11)9(8)7-13-6-5-12/h2-4,12H,5-7H2,1H3. The minimum atomic E-state index is -0.252. The zero-order valence-electron chi connectivity index (χ0n) is 7.59. The Morgan fingerprint density at radius 1 is 1.46 bits per heavy atom. The molecule has 0 aliphatic rings. The molecular weight excluding hydrogens is 171 g/mol. The quantitative estimate of drug-likeness (QED) is 0.721. The van der Waals surface area contributed by atoms with E-state index in [-0.39, 0.29) is 25.6 Å². The van der Waals surface area contributed by atoms with Crippen LogP contribution in [0.25, 0.3) is 0 Å². The Kier molecular flexibility index (Phi) is 3.86. The summed E-state index contributed by atoms with van der Waals surface area (Å²) in [4.78, 5) is 0. The second-order valence-corrected chi connectivity index (χ2v) is 2.81. The maximum absolute atomic E-state index is 13.1. The van der Waals surface area contributed by atoms with Gasteiger partial charge in [0.15, 0.2) is 0 Å². The van der Waals surface area contributed by atoms with Gasteiger partial charge in [-0.25, -0.2) is 4.39 Å². The Labute approximate surface area is 77.0 Å². The zero-order chi connectivity index (χ0) is 9.68. The maximum atomic E-state index is 13.1. The second-order valence-electron chi connectivity index (χ2n) is 2.81. The van der Waals surface area contributed by atoms with Crippen molar-refractivity contribution in [1.29, 1.82) is 0 Å². The first kappa shape index (κ1) is 10.2. The van der Waals surface area contributed by atoms with Crippen molar-refractivity contribution in [1.82, 2.24) is 0 Å². The average Bonchev–Trinajstić information content (AvgIpc) is 2.10. The lowest BCUT2D eigenvalue weighted by atomic mass is 10.1. The summed E-state index contributed by atoms with van der Waals surface area (Å²) in [6.07, 6.45) is 0. The Balaban J connectivity index is 2.64. The summed E-state index contributed by atoms with van der Waals surface area (Å²) in [5, 5.41) is 8.46. The molecule has 0 aliphatic heterocycles. The van der Waals surface area contributed by atoms with E-state index in [4.69, 9.17) is 9.84 Å². The molecule has 0 spiro atoms. The van der Waals surface area contributed by atoms with Gasteiger partial charge in [0.2, 0.25) is 0 Å². The van der Waals surface area contributed by atoms with Crippen LogP contribution >= 0.6 is 0 Å². The predicted octanol–water partition coefficient (Wildman–Crippen LogP) is 1.64. The number of halogens is 1. The van der Waals surface area contributed by atoms with Crippen LogP contribution in [0.3, 0.4) is 0 Å². The van der Waals surface area contributed by atoms with Gasteiger partial charge in [0.05, 0.1) is 19.8 Å². The number of ether oxygens (including phenoxy) is 1. The third kappa shape index (κ3) is 2.79. The molecule has 0 radical (unpaired) electrons. The van der Waals surface area contributed by atoms with Gasteiger partial charge in [-0.2, -0.15) is 0 Å². The highest BCUT2D eigenvalue weighted by Gasteiger charge is 2.04. The van der Waals surface area contributed by atoms with Gasteiger partial charge in [0.25, 0.3) is 0 Å². The van der Waals surface area contributed by atoms with Gasteiger partial charge in [-0.15, -0.1) is 0 Å². The zero-order valence-corrected chi connectivity index (χ0v) is 7.59. The summed E-state index contributed by atoms with van der Waals surface area (Å²) >= 11 is 0. The summed E-state index contributed by atoms with van der Waals surface area (Å²) in [6, 6.07) is 4.91. The smallest absolute Gasteiger partial charge is 0.128 e. The lowest BCUT2D eigenvalue weighted by molar-refractivity contribution is 0.0796. The molecule has 1 N–H and O–H groups in total. The van der Waals surface area contributed by atoms with Crippen LogP contribution in [0.15, 0.2) is 18.2 Å². The van der Waals surface area contributed by atoms with Crippen LogP contribution in [0.5, 0.6) is 0 Å². The lowest BCUT2D eigenvalue weighted by Gasteiger charge is -2.06. The molecule has 0 saturated heterocycles. The van der Waals surface area contributed by atoms with E-state index in [2.05, 4.69) is 0 Å². The van der Waals surface area contributed by atoms with Crippen molar-refractivity contribution in [3.63, 3.8) is 0 Å². The number of rotatable bonds is 4. The fourth-order valence-corrected chi connectivity index (χ4v) is 1.09. The fourth-order valence-electron chi connectivity index (χ4n) is 1.09. The molecule has 0 unspecified atom stereocenters. The second kappa shape index (κ2) is 4.94. The van der Waals surface area contributed by atoms with Crippen LogP contribution in [0.2, 0.25) is 0 Å². The molecule has 0 heterocycles. The molecule has 3 heteroatoms. The number of hydrogen-bond donors (Lipinski definition) is 1. The molecule has 0 saturated carbocycles. The van der Waals surface area contributed by atoms with E-state index in [1.54, 1.807) is 6.07 Å². The van der Waals surface area contributed by atoms with Crippen LogP contribution in [-0.4, -0.2) is 18.3 Å². The Morgan fingerprint density at radius 3 is 2.85 bits per heavy atom. The van der Waals surface area contributed by atoms with Gasteiger partial charge in [-0.05, 0) is 18.6 Å². The van der Waals surface area contributed by atoms with E-state index >= 15 is 0 Å². The molecule has 72 valence electrons. The van der Waals surface area contributed by atoms with Crippen molar-refractivity contribution in [2.75, 3.05) is 13.2 Å². The largest absolute Gasteiger partial charge is 0.394 e. The minimum absolute atomic E-state index is 0.0342. The predicted molar refractivity (Wildman–Crippen MR) is 47.9 cm³/mol. The first-order chi connectivity index (χ1) is 6.25. The van der Waals surface area contributed by atoms with Gasteiger partial charge in [-0.1, -0.05) is 12.1 Å². The monoisotopic (exact) mass is 184 g/mol. The summed E-state index contributed by atoms with van der Waals surface area (Å²) in [5.41, 5.74) is 1.44. The molecule has 0 fully saturated rings. The topological polar surface area (TPSA) is 29.5 Å². The Morgan fingerprint density at radius 2 is 2.23 bits per heavy atom. The van der Waals surface area contributed by atoms with Gasteiger partial charge in [-0.3, -0.25) is 0 Å². The Bertz CT molecular complexity index is 253. The first-order valence-electron chi connectivity index (χ1n) is 4.18. The molecule has 0 atom stereocenters. The van der Waals surface area contributed by atoms with Gasteiger partial charge in [0.1, 0.15) is 5.82 Å². The van der Waals surface area contributed by atoms with Crippen molar-refractivity contribution >= 4 is 0 Å². The third-order valence-corrected chi connectivity index (χ3v) is 1.84. The van der Waals surface area contributed by atoms with Gasteiger partial charge >= 0.3 is 0 Å². The van der Waals surface area contributed by atoms with Crippen LogP contribution in [0.4, 0.5) is 4.39 Å². The van der Waals surface area contributed by atoms with Gasteiger partial charge < -0.3 is 9.84 Å². The summed E-state index contributed by atoms with van der Waals surface area (Å²) in [5.74, 6) is -0.252.